The van der Waals surface area contributed by atoms with Gasteiger partial charge in [0, 0.05) is 22.2 Å². The first-order chi connectivity index (χ1) is 15.4. The molecule has 3 aromatic carbocycles. The lowest BCUT2D eigenvalue weighted by atomic mass is 9.83. The van der Waals surface area contributed by atoms with Crippen LogP contribution in [0.2, 0.25) is 10.0 Å². The Bertz CT molecular complexity index is 1300. The Morgan fingerprint density at radius 1 is 1.09 bits per heavy atom. The SMILES string of the molecule is COc1ccccc1C1C(C#N)=C(N)Oc2cc(OC(=O)c3ccc(Cl)cc3Cl)ccc21. The zero-order chi connectivity index (χ0) is 22.8. The number of esters is 1. The molecule has 3 aromatic rings. The molecule has 2 N–H and O–H groups in total. The van der Waals surface area contributed by atoms with E-state index in [1.54, 1.807) is 31.4 Å². The average Bonchev–Trinajstić information content (AvgIpc) is 2.77. The van der Waals surface area contributed by atoms with Gasteiger partial charge in [0.25, 0.3) is 0 Å². The Hall–Kier alpha value is -3.66. The fourth-order valence-electron chi connectivity index (χ4n) is 3.54. The van der Waals surface area contributed by atoms with E-state index < -0.39 is 11.9 Å². The summed E-state index contributed by atoms with van der Waals surface area (Å²) < 4.78 is 16.6. The molecule has 0 aromatic heterocycles. The molecule has 0 radical (unpaired) electrons. The molecule has 1 heterocycles. The second-order valence-electron chi connectivity index (χ2n) is 6.88. The van der Waals surface area contributed by atoms with Crippen LogP contribution in [-0.4, -0.2) is 13.1 Å². The van der Waals surface area contributed by atoms with Gasteiger partial charge in [-0.3, -0.25) is 0 Å². The molecule has 0 saturated carbocycles. The van der Waals surface area contributed by atoms with E-state index in [1.165, 1.54) is 12.1 Å². The van der Waals surface area contributed by atoms with Crippen molar-refractivity contribution in [3.8, 4) is 23.3 Å². The quantitative estimate of drug-likeness (QED) is 0.406. The van der Waals surface area contributed by atoms with Crippen molar-refractivity contribution in [3.05, 3.63) is 98.9 Å². The highest BCUT2D eigenvalue weighted by atomic mass is 35.5. The fraction of sp³-hybridized carbons (Fsp3) is 0.0833. The van der Waals surface area contributed by atoms with E-state index in [9.17, 15) is 10.1 Å². The molecule has 1 unspecified atom stereocenters. The van der Waals surface area contributed by atoms with Gasteiger partial charge in [-0.1, -0.05) is 47.5 Å². The van der Waals surface area contributed by atoms with Gasteiger partial charge in [0.2, 0.25) is 5.88 Å². The van der Waals surface area contributed by atoms with Gasteiger partial charge < -0.3 is 19.9 Å². The second kappa shape index (κ2) is 8.83. The van der Waals surface area contributed by atoms with Crippen molar-refractivity contribution >= 4 is 29.2 Å². The van der Waals surface area contributed by atoms with Crippen molar-refractivity contribution in [2.45, 2.75) is 5.92 Å². The van der Waals surface area contributed by atoms with Gasteiger partial charge in [0.15, 0.2) is 0 Å². The molecular weight excluding hydrogens is 451 g/mol. The summed E-state index contributed by atoms with van der Waals surface area (Å²) >= 11 is 12.0. The second-order valence-corrected chi connectivity index (χ2v) is 7.72. The zero-order valence-electron chi connectivity index (χ0n) is 16.8. The third-order valence-electron chi connectivity index (χ3n) is 5.00. The highest BCUT2D eigenvalue weighted by Gasteiger charge is 2.32. The minimum absolute atomic E-state index is 0.0277. The normalized spacial score (nSPS) is 14.8. The number of ether oxygens (including phenoxy) is 3. The number of halogens is 2. The van der Waals surface area contributed by atoms with Gasteiger partial charge in [-0.15, -0.1) is 0 Å². The Morgan fingerprint density at radius 2 is 1.88 bits per heavy atom. The maximum atomic E-state index is 12.6. The summed E-state index contributed by atoms with van der Waals surface area (Å²) in [6.45, 7) is 0. The van der Waals surface area contributed by atoms with Crippen LogP contribution in [-0.2, 0) is 0 Å². The third kappa shape index (κ3) is 3.96. The van der Waals surface area contributed by atoms with Crippen LogP contribution in [0.1, 0.15) is 27.4 Å². The fourth-order valence-corrected chi connectivity index (χ4v) is 4.03. The van der Waals surface area contributed by atoms with E-state index in [0.29, 0.717) is 22.1 Å². The molecule has 0 aliphatic carbocycles. The number of allylic oxidation sites excluding steroid dienone is 1. The average molecular weight is 467 g/mol. The molecule has 1 aliphatic heterocycles. The summed E-state index contributed by atoms with van der Waals surface area (Å²) in [7, 11) is 1.56. The predicted molar refractivity (Wildman–Crippen MR) is 120 cm³/mol. The van der Waals surface area contributed by atoms with Gasteiger partial charge in [-0.25, -0.2) is 4.79 Å². The Balaban J connectivity index is 1.72. The largest absolute Gasteiger partial charge is 0.496 e. The minimum atomic E-state index is -0.648. The van der Waals surface area contributed by atoms with Crippen molar-refractivity contribution in [3.63, 3.8) is 0 Å². The summed E-state index contributed by atoms with van der Waals surface area (Å²) in [5.41, 5.74) is 7.94. The van der Waals surface area contributed by atoms with Crippen LogP contribution in [0.4, 0.5) is 0 Å². The van der Waals surface area contributed by atoms with Crippen LogP contribution in [0.3, 0.4) is 0 Å². The predicted octanol–water partition coefficient (Wildman–Crippen LogP) is 5.44. The summed E-state index contributed by atoms with van der Waals surface area (Å²) in [6, 6.07) is 18.9. The number of fused-ring (bicyclic) bond motifs is 1. The number of rotatable bonds is 4. The zero-order valence-corrected chi connectivity index (χ0v) is 18.3. The highest BCUT2D eigenvalue weighted by Crippen LogP contribution is 2.45. The number of methoxy groups -OCH3 is 1. The van der Waals surface area contributed by atoms with E-state index in [-0.39, 0.29) is 27.8 Å². The maximum absolute atomic E-state index is 12.6. The molecule has 160 valence electrons. The topological polar surface area (TPSA) is 94.6 Å². The van der Waals surface area contributed by atoms with Crippen LogP contribution < -0.4 is 19.9 Å². The number of hydrogen-bond donors (Lipinski definition) is 1. The molecule has 32 heavy (non-hydrogen) atoms. The Morgan fingerprint density at radius 3 is 2.59 bits per heavy atom. The molecule has 1 atom stereocenters. The summed E-state index contributed by atoms with van der Waals surface area (Å²) in [4.78, 5) is 12.6. The molecule has 0 fully saturated rings. The van der Waals surface area contributed by atoms with Crippen molar-refractivity contribution in [2.75, 3.05) is 7.11 Å². The number of carbonyl (C=O) groups is 1. The lowest BCUT2D eigenvalue weighted by Crippen LogP contribution is -2.21. The maximum Gasteiger partial charge on any atom is 0.345 e. The van der Waals surface area contributed by atoms with Crippen LogP contribution >= 0.6 is 23.2 Å². The summed E-state index contributed by atoms with van der Waals surface area (Å²) in [5, 5.41) is 10.3. The number of carbonyl (C=O) groups excluding carboxylic acids is 1. The van der Waals surface area contributed by atoms with Crippen LogP contribution in [0.15, 0.2) is 72.1 Å². The van der Waals surface area contributed by atoms with Crippen molar-refractivity contribution in [1.29, 1.82) is 5.26 Å². The van der Waals surface area contributed by atoms with Crippen LogP contribution in [0.5, 0.6) is 17.2 Å². The number of nitrogens with zero attached hydrogens (tertiary/aromatic N) is 1. The van der Waals surface area contributed by atoms with E-state index in [1.807, 2.05) is 24.3 Å². The molecule has 1 aliphatic rings. The van der Waals surface area contributed by atoms with E-state index in [0.717, 1.165) is 5.56 Å². The minimum Gasteiger partial charge on any atom is -0.496 e. The first kappa shape index (κ1) is 21.6. The van der Waals surface area contributed by atoms with Crippen molar-refractivity contribution < 1.29 is 19.0 Å². The monoisotopic (exact) mass is 466 g/mol. The van der Waals surface area contributed by atoms with Gasteiger partial charge in [0.1, 0.15) is 28.9 Å². The third-order valence-corrected chi connectivity index (χ3v) is 5.55. The van der Waals surface area contributed by atoms with Crippen LogP contribution in [0, 0.1) is 11.3 Å². The van der Waals surface area contributed by atoms with Gasteiger partial charge in [-0.05, 0) is 30.3 Å². The number of benzene rings is 3. The van der Waals surface area contributed by atoms with E-state index >= 15 is 0 Å². The first-order valence-electron chi connectivity index (χ1n) is 9.44. The molecule has 0 amide bonds. The number of nitriles is 1. The summed E-state index contributed by atoms with van der Waals surface area (Å²) in [6.07, 6.45) is 0. The smallest absolute Gasteiger partial charge is 0.345 e. The highest BCUT2D eigenvalue weighted by molar-refractivity contribution is 6.36. The molecule has 8 heteroatoms. The Labute approximate surface area is 194 Å². The molecule has 0 bridgehead atoms. The molecule has 0 saturated heterocycles. The van der Waals surface area contributed by atoms with Gasteiger partial charge in [0.05, 0.1) is 23.6 Å². The lowest BCUT2D eigenvalue weighted by molar-refractivity contribution is 0.0734. The van der Waals surface area contributed by atoms with E-state index in [2.05, 4.69) is 6.07 Å². The lowest BCUT2D eigenvalue weighted by Gasteiger charge is -2.27. The van der Waals surface area contributed by atoms with Crippen molar-refractivity contribution in [2.24, 2.45) is 5.73 Å². The standard InChI is InChI=1S/C24H16Cl2N2O4/c1-30-20-5-3-2-4-16(20)22-17-9-7-14(11-21(17)32-23(28)18(22)12-27)31-24(29)15-8-6-13(25)10-19(15)26/h2-11,22H,28H2,1H3. The van der Waals surface area contributed by atoms with Crippen molar-refractivity contribution in [1.82, 2.24) is 0 Å². The molecule has 0 spiro atoms. The van der Waals surface area contributed by atoms with Gasteiger partial charge >= 0.3 is 5.97 Å². The summed E-state index contributed by atoms with van der Waals surface area (Å²) in [5.74, 6) is 0.0240. The number of nitrogens with two attached hydrogens (primary N) is 1. The molecule has 6 nitrogen and oxygen atoms in total. The Kier molecular flexibility index (Phi) is 5.95. The van der Waals surface area contributed by atoms with E-state index in [4.69, 9.17) is 43.1 Å². The molecule has 4 rings (SSSR count). The first-order valence-corrected chi connectivity index (χ1v) is 10.2. The number of para-hydroxylation sites is 1. The van der Waals surface area contributed by atoms with Gasteiger partial charge in [-0.2, -0.15) is 5.26 Å². The van der Waals surface area contributed by atoms with Crippen LogP contribution in [0.25, 0.3) is 0 Å². The number of hydrogen-bond acceptors (Lipinski definition) is 6. The molecular formula is C24H16Cl2N2O4.